The lowest BCUT2D eigenvalue weighted by atomic mass is 9.87. The number of hydrogen-bond acceptors (Lipinski definition) is 3. The summed E-state index contributed by atoms with van der Waals surface area (Å²) < 4.78 is 0. The van der Waals surface area contributed by atoms with Crippen LogP contribution in [0.4, 0.5) is 0 Å². The van der Waals surface area contributed by atoms with Crippen molar-refractivity contribution in [1.29, 1.82) is 0 Å². The molecule has 0 amide bonds. The molecule has 0 aromatic rings. The predicted octanol–water partition coefficient (Wildman–Crippen LogP) is 1.61. The molecule has 0 aromatic carbocycles. The van der Waals surface area contributed by atoms with Gasteiger partial charge in [-0.2, -0.15) is 0 Å². The molecule has 3 nitrogen and oxygen atoms in total. The number of likely N-dealkylation sites (tertiary alicyclic amines) is 1. The van der Waals surface area contributed by atoms with Crippen molar-refractivity contribution in [3.8, 4) is 0 Å². The van der Waals surface area contributed by atoms with E-state index in [1.165, 1.54) is 51.6 Å². The van der Waals surface area contributed by atoms with Crippen molar-refractivity contribution >= 4 is 0 Å². The van der Waals surface area contributed by atoms with E-state index in [1.54, 1.807) is 0 Å². The minimum absolute atomic E-state index is 0.188. The normalized spacial score (nSPS) is 32.8. The average molecular weight is 240 g/mol. The van der Waals surface area contributed by atoms with Gasteiger partial charge in [0.15, 0.2) is 0 Å². The Bertz CT molecular complexity index is 208. The predicted molar refractivity (Wildman–Crippen MR) is 71.1 cm³/mol. The van der Waals surface area contributed by atoms with Gasteiger partial charge in [0.1, 0.15) is 0 Å². The zero-order valence-electron chi connectivity index (χ0n) is 11.2. The summed E-state index contributed by atoms with van der Waals surface area (Å²) in [5.74, 6) is 0.905. The molecule has 1 atom stereocenters. The number of hydrogen-bond donors (Lipinski definition) is 2. The molecule has 0 aromatic heterocycles. The number of aliphatic hydroxyl groups is 1. The van der Waals surface area contributed by atoms with E-state index in [0.717, 1.165) is 19.0 Å². The van der Waals surface area contributed by atoms with Gasteiger partial charge in [-0.05, 0) is 57.5 Å². The SMILES string of the molecule is CC1CCC(NCC(O)CN2CCCC2)CC1. The summed E-state index contributed by atoms with van der Waals surface area (Å²) in [4.78, 5) is 2.38. The summed E-state index contributed by atoms with van der Waals surface area (Å²) in [6, 6.07) is 0.652. The highest BCUT2D eigenvalue weighted by molar-refractivity contribution is 4.78. The van der Waals surface area contributed by atoms with Crippen molar-refractivity contribution in [1.82, 2.24) is 10.2 Å². The number of aliphatic hydroxyl groups excluding tert-OH is 1. The summed E-state index contributed by atoms with van der Waals surface area (Å²) in [5, 5.41) is 13.5. The molecule has 3 heteroatoms. The number of β-amino-alcohol motifs (C(OH)–C–C–N with tert-alkyl or cyclic N) is 1. The Morgan fingerprint density at radius 3 is 2.47 bits per heavy atom. The Labute approximate surface area is 106 Å². The van der Waals surface area contributed by atoms with Gasteiger partial charge in [-0.15, -0.1) is 0 Å². The van der Waals surface area contributed by atoms with E-state index in [-0.39, 0.29) is 6.10 Å². The first-order valence-corrected chi connectivity index (χ1v) is 7.38. The van der Waals surface area contributed by atoms with E-state index in [9.17, 15) is 5.11 Å². The Balaban J connectivity index is 1.57. The van der Waals surface area contributed by atoms with Crippen LogP contribution in [0.15, 0.2) is 0 Å². The van der Waals surface area contributed by atoms with Gasteiger partial charge in [0, 0.05) is 19.1 Å². The Morgan fingerprint density at radius 1 is 1.18 bits per heavy atom. The Morgan fingerprint density at radius 2 is 1.82 bits per heavy atom. The fourth-order valence-electron chi connectivity index (χ4n) is 3.09. The highest BCUT2D eigenvalue weighted by Crippen LogP contribution is 2.23. The van der Waals surface area contributed by atoms with Crippen molar-refractivity contribution < 1.29 is 5.11 Å². The first-order chi connectivity index (χ1) is 8.24. The van der Waals surface area contributed by atoms with Crippen LogP contribution in [0.1, 0.15) is 45.4 Å². The zero-order valence-corrected chi connectivity index (χ0v) is 11.2. The van der Waals surface area contributed by atoms with Crippen LogP contribution < -0.4 is 5.32 Å². The van der Waals surface area contributed by atoms with Crippen molar-refractivity contribution in [2.75, 3.05) is 26.2 Å². The lowest BCUT2D eigenvalue weighted by Crippen LogP contribution is -2.42. The van der Waals surface area contributed by atoms with Gasteiger partial charge in [0.05, 0.1) is 6.10 Å². The van der Waals surface area contributed by atoms with Crippen molar-refractivity contribution in [3.63, 3.8) is 0 Å². The second kappa shape index (κ2) is 6.72. The first-order valence-electron chi connectivity index (χ1n) is 7.38. The molecule has 1 unspecified atom stereocenters. The molecule has 1 heterocycles. The Kier molecular flexibility index (Phi) is 5.26. The van der Waals surface area contributed by atoms with Gasteiger partial charge < -0.3 is 15.3 Å². The van der Waals surface area contributed by atoms with Crippen LogP contribution >= 0.6 is 0 Å². The van der Waals surface area contributed by atoms with Crippen LogP contribution in [0.2, 0.25) is 0 Å². The summed E-state index contributed by atoms with van der Waals surface area (Å²) in [7, 11) is 0. The third-order valence-corrected chi connectivity index (χ3v) is 4.33. The van der Waals surface area contributed by atoms with Gasteiger partial charge in [-0.1, -0.05) is 6.92 Å². The van der Waals surface area contributed by atoms with E-state index in [4.69, 9.17) is 0 Å². The molecule has 17 heavy (non-hydrogen) atoms. The van der Waals surface area contributed by atoms with E-state index >= 15 is 0 Å². The summed E-state index contributed by atoms with van der Waals surface area (Å²) in [6.07, 6.45) is 7.70. The van der Waals surface area contributed by atoms with E-state index < -0.39 is 0 Å². The number of nitrogens with zero attached hydrogens (tertiary/aromatic N) is 1. The second-order valence-corrected chi connectivity index (χ2v) is 6.03. The van der Waals surface area contributed by atoms with Crippen LogP contribution in [-0.2, 0) is 0 Å². The largest absolute Gasteiger partial charge is 0.390 e. The molecule has 2 rings (SSSR count). The minimum Gasteiger partial charge on any atom is -0.390 e. The number of nitrogens with one attached hydrogen (secondary N) is 1. The highest BCUT2D eigenvalue weighted by atomic mass is 16.3. The molecule has 0 radical (unpaired) electrons. The van der Waals surface area contributed by atoms with Crippen molar-refractivity contribution in [2.45, 2.75) is 57.6 Å². The van der Waals surface area contributed by atoms with E-state index in [2.05, 4.69) is 17.1 Å². The van der Waals surface area contributed by atoms with Gasteiger partial charge in [-0.3, -0.25) is 0 Å². The molecule has 1 aliphatic carbocycles. The third kappa shape index (κ3) is 4.57. The topological polar surface area (TPSA) is 35.5 Å². The average Bonchev–Trinajstić information content (AvgIpc) is 2.81. The highest BCUT2D eigenvalue weighted by Gasteiger charge is 2.20. The zero-order chi connectivity index (χ0) is 12.1. The van der Waals surface area contributed by atoms with Crippen LogP contribution in [0.5, 0.6) is 0 Å². The molecule has 100 valence electrons. The van der Waals surface area contributed by atoms with E-state index in [1.807, 2.05) is 0 Å². The van der Waals surface area contributed by atoms with Crippen LogP contribution in [0.25, 0.3) is 0 Å². The Hall–Kier alpha value is -0.120. The fourth-order valence-corrected chi connectivity index (χ4v) is 3.09. The van der Waals surface area contributed by atoms with Crippen LogP contribution in [0.3, 0.4) is 0 Å². The van der Waals surface area contributed by atoms with E-state index in [0.29, 0.717) is 6.04 Å². The molecule has 2 fully saturated rings. The molecule has 1 saturated heterocycles. The smallest absolute Gasteiger partial charge is 0.0791 e. The maximum absolute atomic E-state index is 9.99. The fraction of sp³-hybridized carbons (Fsp3) is 1.00. The molecule has 1 saturated carbocycles. The second-order valence-electron chi connectivity index (χ2n) is 6.03. The van der Waals surface area contributed by atoms with Crippen molar-refractivity contribution in [2.24, 2.45) is 5.92 Å². The minimum atomic E-state index is -0.188. The summed E-state index contributed by atoms with van der Waals surface area (Å²) >= 11 is 0. The number of rotatable bonds is 5. The van der Waals surface area contributed by atoms with Crippen LogP contribution in [-0.4, -0.2) is 48.3 Å². The van der Waals surface area contributed by atoms with Gasteiger partial charge in [0.2, 0.25) is 0 Å². The molecular weight excluding hydrogens is 212 g/mol. The maximum Gasteiger partial charge on any atom is 0.0791 e. The van der Waals surface area contributed by atoms with Crippen molar-refractivity contribution in [3.05, 3.63) is 0 Å². The monoisotopic (exact) mass is 240 g/mol. The van der Waals surface area contributed by atoms with Gasteiger partial charge in [0.25, 0.3) is 0 Å². The van der Waals surface area contributed by atoms with Gasteiger partial charge in [-0.25, -0.2) is 0 Å². The summed E-state index contributed by atoms with van der Waals surface area (Å²) in [5.41, 5.74) is 0. The summed E-state index contributed by atoms with van der Waals surface area (Å²) in [6.45, 7) is 6.33. The molecular formula is C14H28N2O. The molecule has 2 N–H and O–H groups in total. The van der Waals surface area contributed by atoms with Gasteiger partial charge >= 0.3 is 0 Å². The maximum atomic E-state index is 9.99. The molecule has 0 spiro atoms. The third-order valence-electron chi connectivity index (χ3n) is 4.33. The molecule has 2 aliphatic rings. The molecule has 0 bridgehead atoms. The lowest BCUT2D eigenvalue weighted by Gasteiger charge is -2.28. The van der Waals surface area contributed by atoms with Crippen LogP contribution in [0, 0.1) is 5.92 Å². The molecule has 1 aliphatic heterocycles. The first kappa shape index (κ1) is 13.3. The standard InChI is InChI=1S/C14H28N2O/c1-12-4-6-13(7-5-12)15-10-14(17)11-16-8-2-3-9-16/h12-15,17H,2-11H2,1H3. The quantitative estimate of drug-likeness (QED) is 0.766. The lowest BCUT2D eigenvalue weighted by molar-refractivity contribution is 0.117.